The van der Waals surface area contributed by atoms with Crippen molar-refractivity contribution in [1.29, 1.82) is 0 Å². The summed E-state index contributed by atoms with van der Waals surface area (Å²) in [7, 11) is 3.34. The van der Waals surface area contributed by atoms with Crippen LogP contribution in [0.25, 0.3) is 0 Å². The van der Waals surface area contributed by atoms with Gasteiger partial charge in [0.15, 0.2) is 0 Å². The van der Waals surface area contributed by atoms with E-state index in [0.29, 0.717) is 11.1 Å². The lowest BCUT2D eigenvalue weighted by atomic mass is 10.1. The van der Waals surface area contributed by atoms with E-state index < -0.39 is 0 Å². The van der Waals surface area contributed by atoms with Gasteiger partial charge in [-0.25, -0.2) is 0 Å². The van der Waals surface area contributed by atoms with Crippen molar-refractivity contribution in [3.05, 3.63) is 35.4 Å². The highest BCUT2D eigenvalue weighted by atomic mass is 16.2. The summed E-state index contributed by atoms with van der Waals surface area (Å²) in [5, 5.41) is 5.54. The summed E-state index contributed by atoms with van der Waals surface area (Å²) < 4.78 is 0. The predicted octanol–water partition coefficient (Wildman–Crippen LogP) is 1.42. The van der Waals surface area contributed by atoms with E-state index in [-0.39, 0.29) is 36.2 Å². The smallest absolute Gasteiger partial charge is 0.251 e. The fourth-order valence-corrected chi connectivity index (χ4v) is 1.79. The van der Waals surface area contributed by atoms with Crippen LogP contribution in [0.3, 0.4) is 0 Å². The van der Waals surface area contributed by atoms with Gasteiger partial charge in [-0.2, -0.15) is 0 Å². The van der Waals surface area contributed by atoms with Crippen molar-refractivity contribution in [3.8, 4) is 0 Å². The molecule has 0 aromatic heterocycles. The molecule has 0 saturated heterocycles. The molecule has 3 amide bonds. The van der Waals surface area contributed by atoms with Gasteiger partial charge in [0.1, 0.15) is 0 Å². The summed E-state index contributed by atoms with van der Waals surface area (Å²) >= 11 is 0. The van der Waals surface area contributed by atoms with Crippen LogP contribution in [0.15, 0.2) is 24.3 Å². The first kappa shape index (κ1) is 18.7. The molecule has 6 nitrogen and oxygen atoms in total. The van der Waals surface area contributed by atoms with Gasteiger partial charge < -0.3 is 15.5 Å². The molecular formula is C17H25N3O3. The van der Waals surface area contributed by atoms with Crippen molar-refractivity contribution in [2.24, 2.45) is 0 Å². The van der Waals surface area contributed by atoms with Crippen LogP contribution < -0.4 is 10.6 Å². The maximum atomic E-state index is 12.0. The van der Waals surface area contributed by atoms with E-state index >= 15 is 0 Å². The monoisotopic (exact) mass is 319 g/mol. The zero-order chi connectivity index (χ0) is 17.6. The molecule has 0 atom stereocenters. The van der Waals surface area contributed by atoms with Crippen molar-refractivity contribution in [2.45, 2.75) is 32.7 Å². The number of carbonyl (C=O) groups is 3. The van der Waals surface area contributed by atoms with E-state index in [2.05, 4.69) is 10.6 Å². The summed E-state index contributed by atoms with van der Waals surface area (Å²) in [5.74, 6) is -0.486. The minimum atomic E-state index is -0.313. The highest BCUT2D eigenvalue weighted by Crippen LogP contribution is 2.07. The topological polar surface area (TPSA) is 78.5 Å². The predicted molar refractivity (Wildman–Crippen MR) is 89.3 cm³/mol. The van der Waals surface area contributed by atoms with Crippen molar-refractivity contribution in [3.63, 3.8) is 0 Å². The quantitative estimate of drug-likeness (QED) is 0.861. The van der Waals surface area contributed by atoms with Crippen LogP contribution >= 0.6 is 0 Å². The second-order valence-electron chi connectivity index (χ2n) is 6.58. The average molecular weight is 319 g/mol. The molecule has 0 aliphatic heterocycles. The molecule has 0 bridgehead atoms. The lowest BCUT2D eigenvalue weighted by molar-refractivity contribution is -0.128. The normalized spacial score (nSPS) is 10.8. The number of nitrogens with one attached hydrogen (secondary N) is 2. The third-order valence-corrected chi connectivity index (χ3v) is 3.02. The third kappa shape index (κ3) is 6.50. The van der Waals surface area contributed by atoms with Crippen LogP contribution in [0.5, 0.6) is 0 Å². The molecule has 0 radical (unpaired) electrons. The fourth-order valence-electron chi connectivity index (χ4n) is 1.79. The molecule has 6 heteroatoms. The largest absolute Gasteiger partial charge is 0.352 e. The number of carbonyl (C=O) groups excluding carboxylic acids is 3. The molecule has 126 valence electrons. The van der Waals surface area contributed by atoms with Crippen LogP contribution in [-0.4, -0.2) is 48.8 Å². The second kappa shape index (κ2) is 7.76. The number of hydrogen-bond acceptors (Lipinski definition) is 3. The van der Waals surface area contributed by atoms with Gasteiger partial charge in [0.2, 0.25) is 5.91 Å². The van der Waals surface area contributed by atoms with E-state index in [0.717, 1.165) is 0 Å². The Balaban J connectivity index is 2.57. The molecule has 0 unspecified atom stereocenters. The molecule has 0 spiro atoms. The molecule has 0 fully saturated rings. The maximum absolute atomic E-state index is 12.0. The highest BCUT2D eigenvalue weighted by Gasteiger charge is 2.15. The Bertz CT molecular complexity index is 572. The molecule has 0 saturated carbocycles. The zero-order valence-corrected chi connectivity index (χ0v) is 14.4. The number of benzene rings is 1. The summed E-state index contributed by atoms with van der Waals surface area (Å²) in [6, 6.07) is 6.42. The first-order chi connectivity index (χ1) is 10.6. The Morgan fingerprint density at radius 2 is 1.43 bits per heavy atom. The fraction of sp³-hybridized carbons (Fsp3) is 0.471. The highest BCUT2D eigenvalue weighted by molar-refractivity contribution is 5.98. The SMILES string of the molecule is CN(C)C(=O)CCNC(=O)c1ccc(C(=O)NC(C)(C)C)cc1. The van der Waals surface area contributed by atoms with E-state index in [1.54, 1.807) is 38.4 Å². The van der Waals surface area contributed by atoms with Gasteiger partial charge in [0.25, 0.3) is 11.8 Å². The van der Waals surface area contributed by atoms with Crippen LogP contribution in [0.2, 0.25) is 0 Å². The van der Waals surface area contributed by atoms with Crippen LogP contribution in [0.4, 0.5) is 0 Å². The summed E-state index contributed by atoms with van der Waals surface area (Å²) in [4.78, 5) is 36.9. The Hall–Kier alpha value is -2.37. The standard InChI is InChI=1S/C17H25N3O3/c1-17(2,3)19-16(23)13-8-6-12(7-9-13)15(22)18-11-10-14(21)20(4)5/h6-9H,10-11H2,1-5H3,(H,18,22)(H,19,23). The van der Waals surface area contributed by atoms with Gasteiger partial charge in [-0.1, -0.05) is 0 Å². The molecule has 2 N–H and O–H groups in total. The first-order valence-electron chi connectivity index (χ1n) is 7.51. The van der Waals surface area contributed by atoms with E-state index in [1.807, 2.05) is 20.8 Å². The molecule has 23 heavy (non-hydrogen) atoms. The van der Waals surface area contributed by atoms with Crippen LogP contribution in [0, 0.1) is 0 Å². The van der Waals surface area contributed by atoms with Gasteiger partial charge in [-0.05, 0) is 45.0 Å². The molecule has 1 rings (SSSR count). The Labute approximate surface area is 137 Å². The minimum Gasteiger partial charge on any atom is -0.352 e. The molecule has 0 heterocycles. The third-order valence-electron chi connectivity index (χ3n) is 3.02. The van der Waals surface area contributed by atoms with Crippen LogP contribution in [0.1, 0.15) is 47.9 Å². The van der Waals surface area contributed by atoms with Gasteiger partial charge in [0, 0.05) is 43.7 Å². The Morgan fingerprint density at radius 3 is 1.87 bits per heavy atom. The van der Waals surface area contributed by atoms with Gasteiger partial charge in [-0.3, -0.25) is 14.4 Å². The summed E-state index contributed by atoms with van der Waals surface area (Å²) in [6.45, 7) is 5.99. The lowest BCUT2D eigenvalue weighted by Crippen LogP contribution is -2.40. The van der Waals surface area contributed by atoms with Crippen molar-refractivity contribution in [1.82, 2.24) is 15.5 Å². The Morgan fingerprint density at radius 1 is 0.957 bits per heavy atom. The minimum absolute atomic E-state index is 0.0421. The number of nitrogens with zero attached hydrogens (tertiary/aromatic N) is 1. The first-order valence-corrected chi connectivity index (χ1v) is 7.51. The van der Waals surface area contributed by atoms with Gasteiger partial charge in [0.05, 0.1) is 0 Å². The molecule has 0 aliphatic rings. The van der Waals surface area contributed by atoms with Crippen molar-refractivity contribution >= 4 is 17.7 Å². The van der Waals surface area contributed by atoms with E-state index in [9.17, 15) is 14.4 Å². The van der Waals surface area contributed by atoms with Crippen LogP contribution in [-0.2, 0) is 4.79 Å². The number of rotatable bonds is 5. The maximum Gasteiger partial charge on any atom is 0.251 e. The molecular weight excluding hydrogens is 294 g/mol. The van der Waals surface area contributed by atoms with E-state index in [4.69, 9.17) is 0 Å². The zero-order valence-electron chi connectivity index (χ0n) is 14.4. The number of amides is 3. The van der Waals surface area contributed by atoms with Crippen molar-refractivity contribution < 1.29 is 14.4 Å². The summed E-state index contributed by atoms with van der Waals surface area (Å²) in [5.41, 5.74) is 0.639. The van der Waals surface area contributed by atoms with Gasteiger partial charge in [-0.15, -0.1) is 0 Å². The lowest BCUT2D eigenvalue weighted by Gasteiger charge is -2.20. The van der Waals surface area contributed by atoms with E-state index in [1.165, 1.54) is 4.90 Å². The number of hydrogen-bond donors (Lipinski definition) is 2. The van der Waals surface area contributed by atoms with Crippen molar-refractivity contribution in [2.75, 3.05) is 20.6 Å². The second-order valence-corrected chi connectivity index (χ2v) is 6.58. The van der Waals surface area contributed by atoms with Gasteiger partial charge >= 0.3 is 0 Å². The Kier molecular flexibility index (Phi) is 6.30. The average Bonchev–Trinajstić information content (AvgIpc) is 2.45. The molecule has 1 aromatic carbocycles. The molecule has 1 aromatic rings. The summed E-state index contributed by atoms with van der Waals surface area (Å²) in [6.07, 6.45) is 0.255. The molecule has 0 aliphatic carbocycles.